The molecule has 9 heteroatoms. The van der Waals surface area contributed by atoms with Gasteiger partial charge in [0, 0.05) is 17.3 Å². The molecule has 0 aliphatic rings. The molecule has 0 saturated carbocycles. The van der Waals surface area contributed by atoms with Crippen LogP contribution in [0.15, 0.2) is 53.3 Å². The minimum atomic E-state index is -0.740. The second-order valence-electron chi connectivity index (χ2n) is 5.79. The number of rotatable bonds is 4. The maximum absolute atomic E-state index is 13.6. The summed E-state index contributed by atoms with van der Waals surface area (Å²) in [7, 11) is 1.30. The zero-order valence-electron chi connectivity index (χ0n) is 14.4. The van der Waals surface area contributed by atoms with Gasteiger partial charge in [0.2, 0.25) is 0 Å². The van der Waals surface area contributed by atoms with Crippen molar-refractivity contribution in [2.24, 2.45) is 0 Å². The Balaban J connectivity index is 1.76. The first-order valence-corrected chi connectivity index (χ1v) is 8.07. The number of esters is 1. The quantitative estimate of drug-likeness (QED) is 0.532. The van der Waals surface area contributed by atoms with E-state index >= 15 is 0 Å². The van der Waals surface area contributed by atoms with Crippen molar-refractivity contribution in [1.82, 2.24) is 15.1 Å². The summed E-state index contributed by atoms with van der Waals surface area (Å²) in [5.41, 5.74) is 1.55. The van der Waals surface area contributed by atoms with Crippen LogP contribution in [0.5, 0.6) is 0 Å². The standard InChI is InChI=1S/C19H12F2N4O3/c1-27-19(26)10-2-4-14(5-3-10)24-17-15-16(25-28-18(15)23-9-22-17)11-6-12(20)8-13(21)7-11/h2-9H,1H3,(H,22,23,24). The Labute approximate surface area is 157 Å². The fourth-order valence-electron chi connectivity index (χ4n) is 2.71. The molecule has 0 bridgehead atoms. The molecule has 2 aromatic carbocycles. The Morgan fingerprint density at radius 3 is 2.46 bits per heavy atom. The van der Waals surface area contributed by atoms with Crippen LogP contribution in [0.2, 0.25) is 0 Å². The molecule has 0 aliphatic carbocycles. The average molecular weight is 382 g/mol. The summed E-state index contributed by atoms with van der Waals surface area (Å²) >= 11 is 0. The van der Waals surface area contributed by atoms with Crippen molar-refractivity contribution in [3.8, 4) is 11.3 Å². The second-order valence-corrected chi connectivity index (χ2v) is 5.79. The number of halogens is 2. The van der Waals surface area contributed by atoms with Gasteiger partial charge in [-0.05, 0) is 36.4 Å². The van der Waals surface area contributed by atoms with Gasteiger partial charge in [0.1, 0.15) is 34.9 Å². The molecule has 2 aromatic heterocycles. The van der Waals surface area contributed by atoms with Crippen molar-refractivity contribution in [2.75, 3.05) is 12.4 Å². The highest BCUT2D eigenvalue weighted by Crippen LogP contribution is 2.33. The minimum absolute atomic E-state index is 0.156. The topological polar surface area (TPSA) is 90.1 Å². The Kier molecular flexibility index (Phi) is 4.40. The van der Waals surface area contributed by atoms with Crippen LogP contribution in [0.1, 0.15) is 10.4 Å². The van der Waals surface area contributed by atoms with Gasteiger partial charge in [-0.1, -0.05) is 5.16 Å². The Morgan fingerprint density at radius 2 is 1.79 bits per heavy atom. The lowest BCUT2D eigenvalue weighted by atomic mass is 10.1. The number of carbonyl (C=O) groups excluding carboxylic acids is 1. The van der Waals surface area contributed by atoms with Crippen LogP contribution < -0.4 is 5.32 Å². The van der Waals surface area contributed by atoms with Crippen LogP contribution in [0, 0.1) is 11.6 Å². The molecule has 0 radical (unpaired) electrons. The Morgan fingerprint density at radius 1 is 1.07 bits per heavy atom. The number of methoxy groups -OCH3 is 1. The first kappa shape index (κ1) is 17.5. The van der Waals surface area contributed by atoms with Gasteiger partial charge in [-0.15, -0.1) is 0 Å². The van der Waals surface area contributed by atoms with E-state index in [1.807, 2.05) is 0 Å². The molecule has 0 saturated heterocycles. The largest absolute Gasteiger partial charge is 0.465 e. The highest BCUT2D eigenvalue weighted by atomic mass is 19.1. The van der Waals surface area contributed by atoms with Gasteiger partial charge in [-0.25, -0.2) is 18.6 Å². The van der Waals surface area contributed by atoms with Gasteiger partial charge in [0.05, 0.1) is 12.7 Å². The smallest absolute Gasteiger partial charge is 0.337 e. The summed E-state index contributed by atoms with van der Waals surface area (Å²) in [5, 5.41) is 7.32. The van der Waals surface area contributed by atoms with E-state index in [-0.39, 0.29) is 17.0 Å². The molecule has 4 rings (SSSR count). The van der Waals surface area contributed by atoms with Crippen LogP contribution >= 0.6 is 0 Å². The van der Waals surface area contributed by atoms with Crippen molar-refractivity contribution in [2.45, 2.75) is 0 Å². The fraction of sp³-hybridized carbons (Fsp3) is 0.0526. The summed E-state index contributed by atoms with van der Waals surface area (Å²) in [6, 6.07) is 9.55. The number of nitrogens with one attached hydrogen (secondary N) is 1. The number of ether oxygens (including phenoxy) is 1. The summed E-state index contributed by atoms with van der Waals surface area (Å²) in [6.45, 7) is 0. The monoisotopic (exact) mass is 382 g/mol. The van der Waals surface area contributed by atoms with E-state index in [2.05, 4.69) is 25.2 Å². The fourth-order valence-corrected chi connectivity index (χ4v) is 2.71. The summed E-state index contributed by atoms with van der Waals surface area (Å²) < 4.78 is 37.1. The predicted molar refractivity (Wildman–Crippen MR) is 96.0 cm³/mol. The van der Waals surface area contributed by atoms with Gasteiger partial charge in [0.15, 0.2) is 0 Å². The van der Waals surface area contributed by atoms with E-state index in [1.165, 1.54) is 13.4 Å². The van der Waals surface area contributed by atoms with Crippen LogP contribution in [0.25, 0.3) is 22.4 Å². The first-order valence-electron chi connectivity index (χ1n) is 8.07. The van der Waals surface area contributed by atoms with Crippen LogP contribution in [-0.2, 0) is 4.74 Å². The van der Waals surface area contributed by atoms with Crippen molar-refractivity contribution >= 4 is 28.6 Å². The van der Waals surface area contributed by atoms with Gasteiger partial charge < -0.3 is 14.6 Å². The highest BCUT2D eigenvalue weighted by Gasteiger charge is 2.18. The third-order valence-corrected chi connectivity index (χ3v) is 3.98. The van der Waals surface area contributed by atoms with E-state index in [1.54, 1.807) is 24.3 Å². The van der Waals surface area contributed by atoms with Gasteiger partial charge in [-0.3, -0.25) is 0 Å². The predicted octanol–water partition coefficient (Wildman–Crippen LogP) is 4.09. The third-order valence-electron chi connectivity index (χ3n) is 3.98. The minimum Gasteiger partial charge on any atom is -0.465 e. The van der Waals surface area contributed by atoms with Gasteiger partial charge in [-0.2, -0.15) is 4.98 Å². The van der Waals surface area contributed by atoms with E-state index < -0.39 is 17.6 Å². The number of fused-ring (bicyclic) bond motifs is 1. The number of benzene rings is 2. The van der Waals surface area contributed by atoms with Crippen LogP contribution in [-0.4, -0.2) is 28.2 Å². The molecule has 4 aromatic rings. The summed E-state index contributed by atoms with van der Waals surface area (Å²) in [6.07, 6.45) is 1.27. The zero-order valence-corrected chi connectivity index (χ0v) is 14.4. The SMILES string of the molecule is COC(=O)c1ccc(Nc2ncnc3onc(-c4cc(F)cc(F)c4)c23)cc1. The molecular weight excluding hydrogens is 370 g/mol. The lowest BCUT2D eigenvalue weighted by molar-refractivity contribution is 0.0601. The molecule has 140 valence electrons. The number of hydrogen-bond acceptors (Lipinski definition) is 7. The third kappa shape index (κ3) is 3.25. The van der Waals surface area contributed by atoms with E-state index in [9.17, 15) is 13.6 Å². The lowest BCUT2D eigenvalue weighted by Gasteiger charge is -2.07. The number of carbonyl (C=O) groups is 1. The summed E-state index contributed by atoms with van der Waals surface area (Å²) in [5.74, 6) is -1.60. The van der Waals surface area contributed by atoms with E-state index in [0.29, 0.717) is 22.5 Å². The molecule has 7 nitrogen and oxygen atoms in total. The van der Waals surface area contributed by atoms with E-state index in [0.717, 1.165) is 18.2 Å². The van der Waals surface area contributed by atoms with Crippen molar-refractivity contribution in [3.05, 3.63) is 66.0 Å². The normalized spacial score (nSPS) is 10.8. The molecule has 0 amide bonds. The number of anilines is 2. The maximum atomic E-state index is 13.6. The van der Waals surface area contributed by atoms with Crippen LogP contribution in [0.3, 0.4) is 0 Å². The van der Waals surface area contributed by atoms with E-state index in [4.69, 9.17) is 4.52 Å². The molecule has 0 fully saturated rings. The zero-order chi connectivity index (χ0) is 19.7. The molecular formula is C19H12F2N4O3. The summed E-state index contributed by atoms with van der Waals surface area (Å²) in [4.78, 5) is 19.7. The van der Waals surface area contributed by atoms with Crippen molar-refractivity contribution < 1.29 is 22.8 Å². The number of aromatic nitrogens is 3. The molecule has 0 unspecified atom stereocenters. The van der Waals surface area contributed by atoms with Gasteiger partial charge >= 0.3 is 5.97 Å². The van der Waals surface area contributed by atoms with Gasteiger partial charge in [0.25, 0.3) is 5.71 Å². The molecule has 0 aliphatic heterocycles. The Hall–Kier alpha value is -3.88. The first-order chi connectivity index (χ1) is 13.5. The Bertz CT molecular complexity index is 1160. The molecule has 2 heterocycles. The average Bonchev–Trinajstić information content (AvgIpc) is 3.12. The maximum Gasteiger partial charge on any atom is 0.337 e. The van der Waals surface area contributed by atoms with Crippen LogP contribution in [0.4, 0.5) is 20.3 Å². The van der Waals surface area contributed by atoms with Crippen molar-refractivity contribution in [3.63, 3.8) is 0 Å². The lowest BCUT2D eigenvalue weighted by Crippen LogP contribution is -2.01. The number of nitrogens with zero attached hydrogens (tertiary/aromatic N) is 3. The van der Waals surface area contributed by atoms with Crippen molar-refractivity contribution in [1.29, 1.82) is 0 Å². The number of hydrogen-bond donors (Lipinski definition) is 1. The highest BCUT2D eigenvalue weighted by molar-refractivity contribution is 5.98. The molecule has 28 heavy (non-hydrogen) atoms. The molecule has 0 spiro atoms. The molecule has 0 atom stereocenters. The second kappa shape index (κ2) is 7.03. The molecule has 1 N–H and O–H groups in total.